The molecule has 2 rings (SSSR count). The van der Waals surface area contributed by atoms with E-state index in [9.17, 15) is 14.4 Å². The molecule has 0 aliphatic carbocycles. The summed E-state index contributed by atoms with van der Waals surface area (Å²) in [7, 11) is 0. The third-order valence-corrected chi connectivity index (χ3v) is 4.48. The second-order valence-corrected chi connectivity index (χ2v) is 6.64. The monoisotopic (exact) mass is 350 g/mol. The Morgan fingerprint density at radius 1 is 1.25 bits per heavy atom. The van der Waals surface area contributed by atoms with Crippen LogP contribution in [0.3, 0.4) is 0 Å². The van der Waals surface area contributed by atoms with Gasteiger partial charge in [-0.25, -0.2) is 4.79 Å². The molecular weight excluding hydrogens is 332 g/mol. The number of amides is 2. The molecule has 2 heterocycles. The molecule has 0 fully saturated rings. The largest absolute Gasteiger partial charge is 0.480 e. The van der Waals surface area contributed by atoms with Crippen LogP contribution in [0.2, 0.25) is 0 Å². The first-order chi connectivity index (χ1) is 11.3. The number of hydrogen-bond donors (Lipinski definition) is 3. The second kappa shape index (κ2) is 7.31. The van der Waals surface area contributed by atoms with Crippen molar-refractivity contribution in [3.8, 4) is 0 Å². The maximum Gasteiger partial charge on any atom is 0.326 e. The van der Waals surface area contributed by atoms with Crippen LogP contribution < -0.4 is 10.6 Å². The predicted octanol–water partition coefficient (Wildman–Crippen LogP) is 2.74. The van der Waals surface area contributed by atoms with E-state index in [0.29, 0.717) is 15.4 Å². The average molecular weight is 350 g/mol. The van der Waals surface area contributed by atoms with Crippen molar-refractivity contribution in [1.82, 2.24) is 5.32 Å². The first kappa shape index (κ1) is 17.7. The van der Waals surface area contributed by atoms with Crippen molar-refractivity contribution in [2.24, 2.45) is 5.92 Å². The molecule has 0 aliphatic heterocycles. The number of nitrogens with one attached hydrogen (secondary N) is 2. The Hall–Kier alpha value is -2.61. The third-order valence-electron chi connectivity index (χ3n) is 3.33. The summed E-state index contributed by atoms with van der Waals surface area (Å²) >= 11 is 1.08. The lowest BCUT2D eigenvalue weighted by molar-refractivity contribution is -0.140. The fourth-order valence-corrected chi connectivity index (χ4v) is 3.04. The van der Waals surface area contributed by atoms with Crippen molar-refractivity contribution in [2.45, 2.75) is 26.8 Å². The van der Waals surface area contributed by atoms with Crippen LogP contribution in [-0.2, 0) is 4.79 Å². The van der Waals surface area contributed by atoms with E-state index in [1.165, 1.54) is 12.3 Å². The minimum atomic E-state index is -1.08. The molecule has 7 nitrogen and oxygen atoms in total. The van der Waals surface area contributed by atoms with Crippen LogP contribution in [0.1, 0.15) is 39.6 Å². The van der Waals surface area contributed by atoms with Gasteiger partial charge in [0.05, 0.1) is 16.1 Å². The van der Waals surface area contributed by atoms with Crippen molar-refractivity contribution in [1.29, 1.82) is 0 Å². The highest BCUT2D eigenvalue weighted by Crippen LogP contribution is 2.27. The highest BCUT2D eigenvalue weighted by molar-refractivity contribution is 7.18. The Bertz CT molecular complexity index is 749. The Morgan fingerprint density at radius 2 is 1.96 bits per heavy atom. The van der Waals surface area contributed by atoms with Crippen LogP contribution in [0.25, 0.3) is 0 Å². The van der Waals surface area contributed by atoms with Crippen LogP contribution in [0.4, 0.5) is 5.00 Å². The Morgan fingerprint density at radius 3 is 2.50 bits per heavy atom. The molecule has 0 radical (unpaired) electrons. The molecule has 8 heteroatoms. The molecule has 24 heavy (non-hydrogen) atoms. The van der Waals surface area contributed by atoms with Crippen molar-refractivity contribution >= 4 is 34.1 Å². The summed E-state index contributed by atoms with van der Waals surface area (Å²) in [6.45, 7) is 5.16. The van der Waals surface area contributed by atoms with Gasteiger partial charge in [0, 0.05) is 0 Å². The number of carbonyl (C=O) groups is 3. The molecule has 1 unspecified atom stereocenters. The molecule has 0 saturated heterocycles. The number of aryl methyl sites for hydroxylation is 1. The zero-order valence-corrected chi connectivity index (χ0v) is 14.3. The van der Waals surface area contributed by atoms with Gasteiger partial charge in [-0.05, 0) is 36.6 Å². The molecule has 0 aliphatic rings. The van der Waals surface area contributed by atoms with Gasteiger partial charge >= 0.3 is 5.97 Å². The number of carbonyl (C=O) groups excluding carboxylic acids is 2. The summed E-state index contributed by atoms with van der Waals surface area (Å²) in [4.78, 5) is 35.8. The molecule has 128 valence electrons. The Kier molecular flexibility index (Phi) is 5.40. The minimum Gasteiger partial charge on any atom is -0.480 e. The number of furan rings is 1. The summed E-state index contributed by atoms with van der Waals surface area (Å²) in [6, 6.07) is 3.82. The van der Waals surface area contributed by atoms with Crippen LogP contribution in [0, 0.1) is 12.8 Å². The molecule has 2 aromatic rings. The molecule has 1 atom stereocenters. The summed E-state index contributed by atoms with van der Waals surface area (Å²) in [5, 5.41) is 14.8. The highest BCUT2D eigenvalue weighted by Gasteiger charge is 2.25. The Balaban J connectivity index is 2.11. The number of hydrogen-bond acceptors (Lipinski definition) is 5. The lowest BCUT2D eigenvalue weighted by Gasteiger charge is -2.17. The number of anilines is 1. The third kappa shape index (κ3) is 4.02. The van der Waals surface area contributed by atoms with Crippen LogP contribution in [-0.4, -0.2) is 28.9 Å². The van der Waals surface area contributed by atoms with Gasteiger partial charge in [0.15, 0.2) is 5.76 Å². The molecule has 3 N–H and O–H groups in total. The number of carboxylic acid groups (broad SMARTS) is 1. The van der Waals surface area contributed by atoms with Crippen LogP contribution in [0.5, 0.6) is 0 Å². The summed E-state index contributed by atoms with van der Waals surface area (Å²) in [5.41, 5.74) is 0.653. The van der Waals surface area contributed by atoms with E-state index in [-0.39, 0.29) is 11.7 Å². The quantitative estimate of drug-likeness (QED) is 0.742. The van der Waals surface area contributed by atoms with E-state index >= 15 is 0 Å². The topological polar surface area (TPSA) is 109 Å². The summed E-state index contributed by atoms with van der Waals surface area (Å²) < 4.78 is 5.01. The van der Waals surface area contributed by atoms with E-state index in [1.54, 1.807) is 32.9 Å². The standard InChI is InChI=1S/C16H18N2O5S/c1-8(2)12(16(21)22)18-15(20)13-9(3)7-11(24-13)17-14(19)10-5-4-6-23-10/h4-8,12H,1-3H3,(H,17,19)(H,18,20)(H,21,22). The molecule has 2 amide bonds. The summed E-state index contributed by atoms with van der Waals surface area (Å²) in [6.07, 6.45) is 1.39. The summed E-state index contributed by atoms with van der Waals surface area (Å²) in [5.74, 6) is -2.06. The molecule has 0 aromatic carbocycles. The van der Waals surface area contributed by atoms with Crippen molar-refractivity contribution in [3.05, 3.63) is 40.7 Å². The second-order valence-electron chi connectivity index (χ2n) is 5.59. The normalized spacial score (nSPS) is 12.0. The fraction of sp³-hybridized carbons (Fsp3) is 0.312. The SMILES string of the molecule is Cc1cc(NC(=O)c2ccco2)sc1C(=O)NC(C(=O)O)C(C)C. The number of carboxylic acids is 1. The minimum absolute atomic E-state index is 0.165. The van der Waals surface area contributed by atoms with E-state index in [0.717, 1.165) is 11.3 Å². The molecule has 0 bridgehead atoms. The van der Waals surface area contributed by atoms with Crippen LogP contribution in [0.15, 0.2) is 28.9 Å². The lowest BCUT2D eigenvalue weighted by atomic mass is 10.0. The van der Waals surface area contributed by atoms with Gasteiger partial charge in [-0.3, -0.25) is 9.59 Å². The molecule has 2 aromatic heterocycles. The highest BCUT2D eigenvalue weighted by atomic mass is 32.1. The lowest BCUT2D eigenvalue weighted by Crippen LogP contribution is -2.44. The number of aliphatic carboxylic acids is 1. The van der Waals surface area contributed by atoms with Crippen molar-refractivity contribution < 1.29 is 23.9 Å². The van der Waals surface area contributed by atoms with Crippen molar-refractivity contribution in [3.63, 3.8) is 0 Å². The zero-order chi connectivity index (χ0) is 17.9. The first-order valence-electron chi connectivity index (χ1n) is 7.28. The van der Waals surface area contributed by atoms with Crippen molar-refractivity contribution in [2.75, 3.05) is 5.32 Å². The zero-order valence-electron chi connectivity index (χ0n) is 13.5. The van der Waals surface area contributed by atoms with E-state index in [4.69, 9.17) is 9.52 Å². The average Bonchev–Trinajstić information content (AvgIpc) is 3.13. The first-order valence-corrected chi connectivity index (χ1v) is 8.10. The smallest absolute Gasteiger partial charge is 0.326 e. The number of thiophene rings is 1. The van der Waals surface area contributed by atoms with Gasteiger partial charge in [0.1, 0.15) is 6.04 Å². The maximum absolute atomic E-state index is 12.3. The van der Waals surface area contributed by atoms with Gasteiger partial charge < -0.3 is 20.2 Å². The fourth-order valence-electron chi connectivity index (χ4n) is 2.07. The Labute approximate surface area is 142 Å². The molecule has 0 saturated carbocycles. The maximum atomic E-state index is 12.3. The van der Waals surface area contributed by atoms with Gasteiger partial charge in [0.25, 0.3) is 11.8 Å². The van der Waals surface area contributed by atoms with E-state index < -0.39 is 23.8 Å². The molecule has 0 spiro atoms. The van der Waals surface area contributed by atoms with Gasteiger partial charge in [-0.15, -0.1) is 11.3 Å². The van der Waals surface area contributed by atoms with Gasteiger partial charge in [-0.2, -0.15) is 0 Å². The van der Waals surface area contributed by atoms with Crippen LogP contribution >= 0.6 is 11.3 Å². The van der Waals surface area contributed by atoms with E-state index in [2.05, 4.69) is 10.6 Å². The predicted molar refractivity (Wildman–Crippen MR) is 89.4 cm³/mol. The van der Waals surface area contributed by atoms with E-state index in [1.807, 2.05) is 0 Å². The number of rotatable bonds is 6. The van der Waals surface area contributed by atoms with Gasteiger partial charge in [-0.1, -0.05) is 13.8 Å². The molecular formula is C16H18N2O5S. The van der Waals surface area contributed by atoms with Gasteiger partial charge in [0.2, 0.25) is 0 Å².